The van der Waals surface area contributed by atoms with E-state index in [2.05, 4.69) is 25.3 Å². The maximum atomic E-state index is 10.1. The Morgan fingerprint density at radius 2 is 1.73 bits per heavy atom. The van der Waals surface area contributed by atoms with E-state index in [1.807, 2.05) is 0 Å². The Kier molecular flexibility index (Phi) is 12.9. The predicted octanol–water partition coefficient (Wildman–Crippen LogP) is 2.80. The van der Waals surface area contributed by atoms with Gasteiger partial charge in [0.1, 0.15) is 5.60 Å². The van der Waals surface area contributed by atoms with Crippen molar-refractivity contribution in [3.05, 3.63) is 6.92 Å². The molecular formula is C10H19BrO3Zn. The number of esters is 1. The van der Waals surface area contributed by atoms with Crippen LogP contribution in [0.15, 0.2) is 0 Å². The average Bonchev–Trinajstić information content (AvgIpc) is 2.59. The molecule has 86 valence electrons. The summed E-state index contributed by atoms with van der Waals surface area (Å²) in [4.78, 5) is 10.1. The summed E-state index contributed by atoms with van der Waals surface area (Å²) in [5, 5.41) is 0. The van der Waals surface area contributed by atoms with Gasteiger partial charge in [0.05, 0.1) is 0 Å². The molecule has 0 N–H and O–H groups in total. The summed E-state index contributed by atoms with van der Waals surface area (Å²) in [7, 11) is 0. The monoisotopic (exact) mass is 330 g/mol. The van der Waals surface area contributed by atoms with Crippen LogP contribution in [0.3, 0.4) is 0 Å². The molecule has 1 aliphatic heterocycles. The minimum atomic E-state index is -0.475. The molecule has 0 atom stereocenters. The first kappa shape index (κ1) is 17.8. The molecule has 0 spiro atoms. The number of hydrogen-bond acceptors (Lipinski definition) is 3. The third kappa shape index (κ3) is 20.5. The van der Waals surface area contributed by atoms with E-state index in [1.165, 1.54) is 29.2 Å². The van der Waals surface area contributed by atoms with E-state index in [0.29, 0.717) is 0 Å². The minimum absolute atomic E-state index is 0.390. The molecule has 3 nitrogen and oxygen atoms in total. The SMILES string of the molecule is C1CCOC1.[CH2-]C(=O)OC(C)(C)C.[Zn+][Br]. The van der Waals surface area contributed by atoms with E-state index in [0.717, 1.165) is 13.2 Å². The van der Waals surface area contributed by atoms with Gasteiger partial charge in [-0.1, -0.05) is 0 Å². The molecule has 0 aliphatic carbocycles. The molecular weight excluding hydrogens is 313 g/mol. The van der Waals surface area contributed by atoms with Gasteiger partial charge in [0, 0.05) is 13.2 Å². The topological polar surface area (TPSA) is 35.5 Å². The van der Waals surface area contributed by atoms with Gasteiger partial charge < -0.3 is 9.47 Å². The van der Waals surface area contributed by atoms with Crippen molar-refractivity contribution in [1.82, 2.24) is 0 Å². The Balaban J connectivity index is 0. The molecule has 0 aromatic carbocycles. The van der Waals surface area contributed by atoms with Gasteiger partial charge in [-0.15, -0.1) is 0 Å². The predicted molar refractivity (Wildman–Crippen MR) is 60.2 cm³/mol. The summed E-state index contributed by atoms with van der Waals surface area (Å²) in [6, 6.07) is 0. The van der Waals surface area contributed by atoms with Crippen LogP contribution in [0.25, 0.3) is 0 Å². The van der Waals surface area contributed by atoms with Crippen molar-refractivity contribution in [3.8, 4) is 0 Å². The fourth-order valence-electron chi connectivity index (χ4n) is 0.852. The van der Waals surface area contributed by atoms with E-state index in [4.69, 9.17) is 4.74 Å². The molecule has 0 radical (unpaired) electrons. The quantitative estimate of drug-likeness (QED) is 0.389. The van der Waals surface area contributed by atoms with E-state index >= 15 is 0 Å². The zero-order chi connectivity index (χ0) is 12.3. The van der Waals surface area contributed by atoms with E-state index in [1.54, 1.807) is 20.8 Å². The molecule has 1 aliphatic rings. The second-order valence-electron chi connectivity index (χ2n) is 3.91. The number of rotatable bonds is 0. The molecule has 0 aromatic rings. The van der Waals surface area contributed by atoms with Crippen LogP contribution in [-0.4, -0.2) is 24.8 Å². The number of ether oxygens (including phenoxy) is 2. The maximum absolute atomic E-state index is 10.1. The second kappa shape index (κ2) is 10.9. The Bertz CT molecular complexity index is 146. The molecule has 5 heteroatoms. The molecule has 0 saturated carbocycles. The van der Waals surface area contributed by atoms with Crippen LogP contribution in [0.4, 0.5) is 0 Å². The van der Waals surface area contributed by atoms with Gasteiger partial charge >= 0.3 is 30.0 Å². The summed E-state index contributed by atoms with van der Waals surface area (Å²) in [5.41, 5.74) is -0.390. The number of carbonyl (C=O) groups excluding carboxylic acids is 1. The third-order valence-electron chi connectivity index (χ3n) is 1.25. The molecule has 1 heterocycles. The molecule has 0 amide bonds. The van der Waals surface area contributed by atoms with Gasteiger partial charge in [-0.3, -0.25) is 11.7 Å². The molecule has 15 heavy (non-hydrogen) atoms. The normalized spacial score (nSPS) is 14.3. The van der Waals surface area contributed by atoms with Gasteiger partial charge in [-0.25, -0.2) is 0 Å². The van der Waals surface area contributed by atoms with Crippen molar-refractivity contribution in [1.29, 1.82) is 0 Å². The molecule has 1 fully saturated rings. The molecule has 1 rings (SSSR count). The first-order valence-corrected chi connectivity index (χ1v) is 11.8. The van der Waals surface area contributed by atoms with Crippen LogP contribution in [0, 0.1) is 6.92 Å². The third-order valence-corrected chi connectivity index (χ3v) is 1.25. The zero-order valence-corrected chi connectivity index (χ0v) is 14.4. The van der Waals surface area contributed by atoms with E-state index in [9.17, 15) is 4.79 Å². The Labute approximate surface area is 109 Å². The zero-order valence-electron chi connectivity index (χ0n) is 9.85. The van der Waals surface area contributed by atoms with Crippen LogP contribution in [-0.2, 0) is 30.6 Å². The summed E-state index contributed by atoms with van der Waals surface area (Å²) < 4.78 is 9.63. The Morgan fingerprint density at radius 3 is 1.80 bits per heavy atom. The van der Waals surface area contributed by atoms with Crippen LogP contribution >= 0.6 is 13.6 Å². The van der Waals surface area contributed by atoms with Crippen LogP contribution in [0.1, 0.15) is 33.6 Å². The van der Waals surface area contributed by atoms with Crippen molar-refractivity contribution in [3.63, 3.8) is 0 Å². The standard InChI is InChI=1S/C6H11O2.C4H8O.BrH.Zn/c1-5(7)8-6(2,3)4;1-2-4-5-3-1;;/h1H2,2-4H3;1-4H2;1H;/q-1;;;+2/p-1. The van der Waals surface area contributed by atoms with Gasteiger partial charge in [-0.2, -0.15) is 0 Å². The number of hydrogen-bond donors (Lipinski definition) is 0. The van der Waals surface area contributed by atoms with Crippen molar-refractivity contribution in [2.45, 2.75) is 39.2 Å². The molecule has 0 aromatic heterocycles. The summed E-state index contributed by atoms with van der Waals surface area (Å²) in [6.45, 7) is 10.5. The second-order valence-corrected chi connectivity index (χ2v) is 3.91. The fraction of sp³-hybridized carbons (Fsp3) is 0.800. The van der Waals surface area contributed by atoms with Gasteiger partial charge in [-0.05, 0) is 33.6 Å². The summed E-state index contributed by atoms with van der Waals surface area (Å²) >= 11 is 4.25. The van der Waals surface area contributed by atoms with E-state index < -0.39 is 11.6 Å². The van der Waals surface area contributed by atoms with Crippen molar-refractivity contribution in [2.24, 2.45) is 0 Å². The van der Waals surface area contributed by atoms with Crippen LogP contribution in [0.2, 0.25) is 0 Å². The Morgan fingerprint density at radius 1 is 1.33 bits per heavy atom. The van der Waals surface area contributed by atoms with Crippen molar-refractivity contribution < 1.29 is 30.6 Å². The molecule has 0 bridgehead atoms. The first-order valence-electron chi connectivity index (χ1n) is 4.81. The van der Waals surface area contributed by atoms with E-state index in [-0.39, 0.29) is 0 Å². The molecule has 1 saturated heterocycles. The average molecular weight is 333 g/mol. The first-order chi connectivity index (χ1) is 6.92. The number of halogens is 1. The van der Waals surface area contributed by atoms with Gasteiger partial charge in [0.2, 0.25) is 0 Å². The molecule has 0 unspecified atom stereocenters. The number of carbonyl (C=O) groups is 1. The van der Waals surface area contributed by atoms with Crippen molar-refractivity contribution >= 4 is 19.6 Å². The van der Waals surface area contributed by atoms with Crippen LogP contribution in [0.5, 0.6) is 0 Å². The summed E-state index contributed by atoms with van der Waals surface area (Å²) in [5.74, 6) is -0.475. The fourth-order valence-corrected chi connectivity index (χ4v) is 0.852. The van der Waals surface area contributed by atoms with Crippen LogP contribution < -0.4 is 0 Å². The Hall–Kier alpha value is 0.403. The van der Waals surface area contributed by atoms with Gasteiger partial charge in [0.15, 0.2) is 5.97 Å². The summed E-state index contributed by atoms with van der Waals surface area (Å²) in [6.07, 6.45) is 2.56. The van der Waals surface area contributed by atoms with Gasteiger partial charge in [0.25, 0.3) is 0 Å². The van der Waals surface area contributed by atoms with Crippen molar-refractivity contribution in [2.75, 3.05) is 13.2 Å².